The van der Waals surface area contributed by atoms with Crippen LogP contribution in [0.5, 0.6) is 0 Å². The van der Waals surface area contributed by atoms with Crippen LogP contribution in [0.4, 0.5) is 5.95 Å². The summed E-state index contributed by atoms with van der Waals surface area (Å²) in [4.78, 5) is 3.83. The summed E-state index contributed by atoms with van der Waals surface area (Å²) in [7, 11) is 0. The smallest absolute Gasteiger partial charge is 0.239 e. The number of aliphatic hydroxyl groups is 1. The Balaban J connectivity index is 1.97. The number of nitrogen functional groups attached to an aromatic ring is 1. The van der Waals surface area contributed by atoms with Crippen LogP contribution in [0, 0.1) is 5.92 Å². The standard InChI is InChI=1S/C8H14N4O/c9-8-10-5-12(11-8)4-6-2-1-3-7(6)13/h5-7,13H,1-4H2,(H2,9,11). The van der Waals surface area contributed by atoms with Gasteiger partial charge in [-0.25, -0.2) is 4.98 Å². The molecule has 1 aromatic heterocycles. The molecule has 2 unspecified atom stereocenters. The number of nitrogens with two attached hydrogens (primary N) is 1. The molecular weight excluding hydrogens is 168 g/mol. The number of anilines is 1. The summed E-state index contributed by atoms with van der Waals surface area (Å²) >= 11 is 0. The van der Waals surface area contributed by atoms with Gasteiger partial charge in [0, 0.05) is 12.5 Å². The predicted molar refractivity (Wildman–Crippen MR) is 47.8 cm³/mol. The summed E-state index contributed by atoms with van der Waals surface area (Å²) in [5, 5.41) is 13.5. The van der Waals surface area contributed by atoms with Crippen LogP contribution in [0.3, 0.4) is 0 Å². The minimum Gasteiger partial charge on any atom is -0.393 e. The lowest BCUT2D eigenvalue weighted by atomic mass is 10.1. The molecular formula is C8H14N4O. The molecule has 5 nitrogen and oxygen atoms in total. The second-order valence-corrected chi connectivity index (χ2v) is 3.58. The third kappa shape index (κ3) is 1.80. The van der Waals surface area contributed by atoms with Gasteiger partial charge in [-0.2, -0.15) is 0 Å². The molecule has 0 aromatic carbocycles. The van der Waals surface area contributed by atoms with Crippen molar-refractivity contribution in [2.24, 2.45) is 5.92 Å². The first-order valence-electron chi connectivity index (χ1n) is 4.58. The van der Waals surface area contributed by atoms with Gasteiger partial charge in [-0.05, 0) is 12.8 Å². The van der Waals surface area contributed by atoms with Crippen molar-refractivity contribution in [3.63, 3.8) is 0 Å². The lowest BCUT2D eigenvalue weighted by Crippen LogP contribution is -2.19. The molecule has 72 valence electrons. The molecule has 1 fully saturated rings. The van der Waals surface area contributed by atoms with Crippen molar-refractivity contribution in [1.82, 2.24) is 14.8 Å². The maximum atomic E-state index is 9.56. The van der Waals surface area contributed by atoms with E-state index in [1.54, 1.807) is 11.0 Å². The van der Waals surface area contributed by atoms with E-state index in [0.717, 1.165) is 25.8 Å². The molecule has 5 heteroatoms. The lowest BCUT2D eigenvalue weighted by Gasteiger charge is -2.13. The van der Waals surface area contributed by atoms with Crippen LogP contribution < -0.4 is 5.73 Å². The van der Waals surface area contributed by atoms with Crippen molar-refractivity contribution in [3.05, 3.63) is 6.33 Å². The third-order valence-electron chi connectivity index (χ3n) is 2.59. The molecule has 0 spiro atoms. The first kappa shape index (κ1) is 8.50. The SMILES string of the molecule is Nc1ncn(CC2CCCC2O)n1. The van der Waals surface area contributed by atoms with Gasteiger partial charge in [0.2, 0.25) is 5.95 Å². The summed E-state index contributed by atoms with van der Waals surface area (Å²) in [6, 6.07) is 0. The fourth-order valence-electron chi connectivity index (χ4n) is 1.87. The summed E-state index contributed by atoms with van der Waals surface area (Å²) in [6.45, 7) is 0.728. The Bertz CT molecular complexity index is 285. The molecule has 2 atom stereocenters. The third-order valence-corrected chi connectivity index (χ3v) is 2.59. The molecule has 13 heavy (non-hydrogen) atoms. The summed E-state index contributed by atoms with van der Waals surface area (Å²) in [5.74, 6) is 0.619. The van der Waals surface area contributed by atoms with Gasteiger partial charge < -0.3 is 10.8 Å². The van der Waals surface area contributed by atoms with E-state index in [9.17, 15) is 5.11 Å². The molecule has 0 saturated heterocycles. The molecule has 1 heterocycles. The average Bonchev–Trinajstić information content (AvgIpc) is 2.64. The number of hydrogen-bond acceptors (Lipinski definition) is 4. The molecule has 1 aliphatic rings. The van der Waals surface area contributed by atoms with E-state index in [1.165, 1.54) is 0 Å². The minimum absolute atomic E-state index is 0.176. The van der Waals surface area contributed by atoms with Crippen molar-refractivity contribution in [2.45, 2.75) is 31.9 Å². The monoisotopic (exact) mass is 182 g/mol. The van der Waals surface area contributed by atoms with Crippen LogP contribution in [-0.2, 0) is 6.54 Å². The largest absolute Gasteiger partial charge is 0.393 e. The van der Waals surface area contributed by atoms with Gasteiger partial charge in [0.25, 0.3) is 0 Å². The lowest BCUT2D eigenvalue weighted by molar-refractivity contribution is 0.121. The molecule has 0 amide bonds. The summed E-state index contributed by atoms with van der Waals surface area (Å²) in [5.41, 5.74) is 5.38. The van der Waals surface area contributed by atoms with E-state index in [0.29, 0.717) is 11.9 Å². The predicted octanol–water partition coefficient (Wildman–Crippen LogP) is 0.0213. The number of nitrogens with zero attached hydrogens (tertiary/aromatic N) is 3. The maximum Gasteiger partial charge on any atom is 0.239 e. The van der Waals surface area contributed by atoms with Crippen molar-refractivity contribution in [2.75, 3.05) is 5.73 Å². The highest BCUT2D eigenvalue weighted by Crippen LogP contribution is 2.26. The number of rotatable bonds is 2. The van der Waals surface area contributed by atoms with E-state index in [2.05, 4.69) is 10.1 Å². The fourth-order valence-corrected chi connectivity index (χ4v) is 1.87. The molecule has 1 saturated carbocycles. The van der Waals surface area contributed by atoms with Crippen LogP contribution in [0.2, 0.25) is 0 Å². The number of aromatic nitrogens is 3. The van der Waals surface area contributed by atoms with E-state index < -0.39 is 0 Å². The Morgan fingerprint density at radius 1 is 1.62 bits per heavy atom. The first-order valence-corrected chi connectivity index (χ1v) is 4.58. The molecule has 0 radical (unpaired) electrons. The summed E-state index contributed by atoms with van der Waals surface area (Å²) in [6.07, 6.45) is 4.53. The second kappa shape index (κ2) is 3.33. The Morgan fingerprint density at radius 3 is 3.00 bits per heavy atom. The highest BCUT2D eigenvalue weighted by Gasteiger charge is 2.25. The van der Waals surface area contributed by atoms with E-state index in [1.807, 2.05) is 0 Å². The second-order valence-electron chi connectivity index (χ2n) is 3.58. The first-order chi connectivity index (χ1) is 6.25. The number of aliphatic hydroxyl groups excluding tert-OH is 1. The maximum absolute atomic E-state index is 9.56. The van der Waals surface area contributed by atoms with Gasteiger partial charge in [-0.3, -0.25) is 4.68 Å². The molecule has 0 aliphatic heterocycles. The molecule has 2 rings (SSSR count). The Morgan fingerprint density at radius 2 is 2.46 bits per heavy atom. The van der Waals surface area contributed by atoms with Gasteiger partial charge >= 0.3 is 0 Å². The van der Waals surface area contributed by atoms with Gasteiger partial charge in [0.15, 0.2) is 0 Å². The molecule has 1 aliphatic carbocycles. The number of hydrogen-bond donors (Lipinski definition) is 2. The highest BCUT2D eigenvalue weighted by atomic mass is 16.3. The normalized spacial score (nSPS) is 28.1. The Hall–Kier alpha value is -1.10. The Kier molecular flexibility index (Phi) is 2.18. The van der Waals surface area contributed by atoms with Crippen LogP contribution in [0.25, 0.3) is 0 Å². The van der Waals surface area contributed by atoms with E-state index in [-0.39, 0.29) is 6.10 Å². The fraction of sp³-hybridized carbons (Fsp3) is 0.750. The zero-order chi connectivity index (χ0) is 9.26. The highest BCUT2D eigenvalue weighted by molar-refractivity contribution is 5.09. The van der Waals surface area contributed by atoms with Crippen molar-refractivity contribution < 1.29 is 5.11 Å². The van der Waals surface area contributed by atoms with Crippen LogP contribution in [0.1, 0.15) is 19.3 Å². The van der Waals surface area contributed by atoms with Crippen LogP contribution in [-0.4, -0.2) is 26.0 Å². The summed E-state index contributed by atoms with van der Waals surface area (Å²) < 4.78 is 1.70. The van der Waals surface area contributed by atoms with Crippen molar-refractivity contribution >= 4 is 5.95 Å². The van der Waals surface area contributed by atoms with Crippen molar-refractivity contribution in [1.29, 1.82) is 0 Å². The topological polar surface area (TPSA) is 77.0 Å². The molecule has 0 bridgehead atoms. The van der Waals surface area contributed by atoms with Gasteiger partial charge in [0.05, 0.1) is 6.10 Å². The molecule has 3 N–H and O–H groups in total. The average molecular weight is 182 g/mol. The zero-order valence-corrected chi connectivity index (χ0v) is 7.43. The molecule has 1 aromatic rings. The van der Waals surface area contributed by atoms with Gasteiger partial charge in [-0.1, -0.05) is 6.42 Å². The van der Waals surface area contributed by atoms with Gasteiger partial charge in [0.1, 0.15) is 6.33 Å². The Labute approximate surface area is 76.6 Å². The quantitative estimate of drug-likeness (QED) is 0.676. The van der Waals surface area contributed by atoms with Crippen LogP contribution >= 0.6 is 0 Å². The minimum atomic E-state index is -0.176. The van der Waals surface area contributed by atoms with Gasteiger partial charge in [-0.15, -0.1) is 5.10 Å². The van der Waals surface area contributed by atoms with Crippen LogP contribution in [0.15, 0.2) is 6.33 Å². The van der Waals surface area contributed by atoms with E-state index in [4.69, 9.17) is 5.73 Å². The van der Waals surface area contributed by atoms with Crippen molar-refractivity contribution in [3.8, 4) is 0 Å². The zero-order valence-electron chi connectivity index (χ0n) is 7.43. The van der Waals surface area contributed by atoms with E-state index >= 15 is 0 Å².